The van der Waals surface area contributed by atoms with Crippen LogP contribution in [0.15, 0.2) is 48.6 Å². The van der Waals surface area contributed by atoms with E-state index in [-0.39, 0.29) is 24.5 Å². The highest BCUT2D eigenvalue weighted by molar-refractivity contribution is 5.80. The first-order chi connectivity index (χ1) is 22.5. The van der Waals surface area contributed by atoms with Gasteiger partial charge in [0.25, 0.3) is 0 Å². The lowest BCUT2D eigenvalue weighted by Crippen LogP contribution is -2.28. The van der Waals surface area contributed by atoms with E-state index in [2.05, 4.69) is 61.7 Å². The number of hydrogen-bond donors (Lipinski definition) is 2. The van der Waals surface area contributed by atoms with Crippen molar-refractivity contribution in [3.05, 3.63) is 48.6 Å². The number of hydrogen-bond acceptors (Lipinski definition) is 4. The predicted octanol–water partition coefficient (Wildman–Crippen LogP) is 11.1. The van der Waals surface area contributed by atoms with E-state index in [0.717, 1.165) is 77.0 Å². The molecule has 0 aromatic carbocycles. The number of ether oxygens (including phenoxy) is 1. The van der Waals surface area contributed by atoms with Crippen LogP contribution in [0.3, 0.4) is 0 Å². The predicted molar refractivity (Wildman–Crippen MR) is 194 cm³/mol. The summed E-state index contributed by atoms with van der Waals surface area (Å²) in [6.45, 7) is 4.08. The molecule has 1 atom stereocenters. The Morgan fingerprint density at radius 3 is 1.57 bits per heavy atom. The summed E-state index contributed by atoms with van der Waals surface area (Å²) in [6, 6.07) is 0. The zero-order valence-corrected chi connectivity index (χ0v) is 29.7. The van der Waals surface area contributed by atoms with Crippen LogP contribution in [0.5, 0.6) is 0 Å². The van der Waals surface area contributed by atoms with Gasteiger partial charge in [0, 0.05) is 12.8 Å². The van der Waals surface area contributed by atoms with Crippen molar-refractivity contribution in [2.75, 3.05) is 6.54 Å². The maximum atomic E-state index is 12.6. The zero-order chi connectivity index (χ0) is 33.8. The van der Waals surface area contributed by atoms with E-state index < -0.39 is 5.97 Å². The molecular weight excluding hydrogens is 574 g/mol. The summed E-state index contributed by atoms with van der Waals surface area (Å²) in [5.41, 5.74) is 0. The van der Waals surface area contributed by atoms with Gasteiger partial charge in [0.15, 0.2) is 0 Å². The minimum atomic E-state index is -1.03. The number of allylic oxidation sites excluding steroid dienone is 7. The third-order valence-corrected chi connectivity index (χ3v) is 8.00. The van der Waals surface area contributed by atoms with E-state index in [0.29, 0.717) is 12.8 Å². The molecule has 0 aromatic heterocycles. The van der Waals surface area contributed by atoms with Gasteiger partial charge in [-0.2, -0.15) is 0 Å². The number of rotatable bonds is 33. The molecule has 0 radical (unpaired) electrons. The van der Waals surface area contributed by atoms with E-state index in [4.69, 9.17) is 9.84 Å². The lowest BCUT2D eigenvalue weighted by atomic mass is 10.0. The Labute approximate surface area is 282 Å². The third kappa shape index (κ3) is 34.2. The first-order valence-corrected chi connectivity index (χ1v) is 18.8. The highest BCUT2D eigenvalue weighted by atomic mass is 16.5. The first kappa shape index (κ1) is 43.4. The molecule has 0 heterocycles. The molecular formula is C40H69NO5. The largest absolute Gasteiger partial charge is 0.480 e. The quantitative estimate of drug-likeness (QED) is 0.0422. The van der Waals surface area contributed by atoms with E-state index in [1.54, 1.807) is 0 Å². The second-order valence-corrected chi connectivity index (χ2v) is 12.5. The molecule has 0 saturated carbocycles. The molecule has 0 saturated heterocycles. The second-order valence-electron chi connectivity index (χ2n) is 12.5. The van der Waals surface area contributed by atoms with Crippen LogP contribution >= 0.6 is 0 Å². The fourth-order valence-corrected chi connectivity index (χ4v) is 5.25. The van der Waals surface area contributed by atoms with Gasteiger partial charge in [0.1, 0.15) is 12.6 Å². The Morgan fingerprint density at radius 1 is 0.587 bits per heavy atom. The van der Waals surface area contributed by atoms with Gasteiger partial charge in [-0.05, 0) is 57.4 Å². The van der Waals surface area contributed by atoms with Crippen LogP contribution in [0.25, 0.3) is 0 Å². The molecule has 0 aliphatic rings. The summed E-state index contributed by atoms with van der Waals surface area (Å²) in [5, 5.41) is 11.0. The standard InChI is InChI=1S/C40H69NO5/c1-3-5-7-9-11-13-15-16-18-20-22-27-31-35-40(45)46-37(32-28-24-21-19-17-14-12-10-8-6-4-2)33-29-25-23-26-30-34-38(42)41-36-39(43)44/h6,8,12,14,19,21,28,32,37H,3-5,7,9-11,13,15-18,20,22-27,29-31,33-36H2,1-2H3,(H,41,42)(H,43,44)/b8-6-,14-12-,21-19-,32-28-. The maximum Gasteiger partial charge on any atom is 0.322 e. The molecule has 264 valence electrons. The number of aliphatic carboxylic acids is 1. The number of carbonyl (C=O) groups is 3. The van der Waals surface area contributed by atoms with Crippen LogP contribution in [-0.2, 0) is 19.1 Å². The van der Waals surface area contributed by atoms with Crippen molar-refractivity contribution in [2.45, 2.75) is 180 Å². The van der Waals surface area contributed by atoms with E-state index in [1.807, 2.05) is 6.08 Å². The van der Waals surface area contributed by atoms with Crippen LogP contribution in [-0.4, -0.2) is 35.6 Å². The highest BCUT2D eigenvalue weighted by Crippen LogP contribution is 2.15. The topological polar surface area (TPSA) is 92.7 Å². The average Bonchev–Trinajstić information content (AvgIpc) is 3.04. The summed E-state index contributed by atoms with van der Waals surface area (Å²) in [6.07, 6.45) is 43.8. The molecule has 0 fully saturated rings. The highest BCUT2D eigenvalue weighted by Gasteiger charge is 2.11. The lowest BCUT2D eigenvalue weighted by Gasteiger charge is -2.14. The van der Waals surface area contributed by atoms with Gasteiger partial charge in [-0.15, -0.1) is 0 Å². The smallest absolute Gasteiger partial charge is 0.322 e. The lowest BCUT2D eigenvalue weighted by molar-refractivity contribution is -0.147. The van der Waals surface area contributed by atoms with Crippen molar-refractivity contribution < 1.29 is 24.2 Å². The van der Waals surface area contributed by atoms with Crippen LogP contribution in [0.2, 0.25) is 0 Å². The van der Waals surface area contributed by atoms with Crippen LogP contribution in [0, 0.1) is 0 Å². The summed E-state index contributed by atoms with van der Waals surface area (Å²) in [4.78, 5) is 34.8. The van der Waals surface area contributed by atoms with E-state index in [9.17, 15) is 14.4 Å². The monoisotopic (exact) mass is 644 g/mol. The normalized spacial score (nSPS) is 12.6. The molecule has 2 N–H and O–H groups in total. The van der Waals surface area contributed by atoms with Crippen LogP contribution in [0.4, 0.5) is 0 Å². The summed E-state index contributed by atoms with van der Waals surface area (Å²) in [7, 11) is 0. The van der Waals surface area contributed by atoms with Crippen LogP contribution in [0.1, 0.15) is 174 Å². The Balaban J connectivity index is 4.32. The Kier molecular flexibility index (Phi) is 33.2. The van der Waals surface area contributed by atoms with Gasteiger partial charge < -0.3 is 15.2 Å². The van der Waals surface area contributed by atoms with Crippen molar-refractivity contribution in [1.29, 1.82) is 0 Å². The SMILES string of the molecule is CC/C=C\C/C=C\C/C=C\C/C=C\C(CCCCCCCC(=O)NCC(=O)O)OC(=O)CCCCCCCCCCCCCCC. The number of unbranched alkanes of at least 4 members (excludes halogenated alkanes) is 16. The van der Waals surface area contributed by atoms with Crippen molar-refractivity contribution in [2.24, 2.45) is 0 Å². The van der Waals surface area contributed by atoms with Crippen molar-refractivity contribution in [3.63, 3.8) is 0 Å². The van der Waals surface area contributed by atoms with Crippen molar-refractivity contribution in [3.8, 4) is 0 Å². The molecule has 0 aromatic rings. The van der Waals surface area contributed by atoms with E-state index >= 15 is 0 Å². The number of carbonyl (C=O) groups excluding carboxylic acids is 2. The molecule has 1 amide bonds. The second kappa shape index (κ2) is 35.2. The summed E-state index contributed by atoms with van der Waals surface area (Å²) < 4.78 is 5.89. The summed E-state index contributed by atoms with van der Waals surface area (Å²) in [5.74, 6) is -1.33. The fourth-order valence-electron chi connectivity index (χ4n) is 5.25. The van der Waals surface area contributed by atoms with Crippen LogP contribution < -0.4 is 5.32 Å². The molecule has 0 spiro atoms. The Bertz CT molecular complexity index is 845. The first-order valence-electron chi connectivity index (χ1n) is 18.8. The van der Waals surface area contributed by atoms with Crippen molar-refractivity contribution >= 4 is 17.8 Å². The minimum Gasteiger partial charge on any atom is -0.480 e. The van der Waals surface area contributed by atoms with Gasteiger partial charge in [-0.3, -0.25) is 14.4 Å². The third-order valence-electron chi connectivity index (χ3n) is 8.00. The number of nitrogens with one attached hydrogen (secondary N) is 1. The molecule has 6 heteroatoms. The molecule has 6 nitrogen and oxygen atoms in total. The molecule has 0 aliphatic heterocycles. The summed E-state index contributed by atoms with van der Waals surface area (Å²) >= 11 is 0. The number of esters is 1. The van der Waals surface area contributed by atoms with Gasteiger partial charge in [-0.1, -0.05) is 153 Å². The number of carboxylic acids is 1. The molecule has 0 rings (SSSR count). The van der Waals surface area contributed by atoms with Gasteiger partial charge >= 0.3 is 11.9 Å². The van der Waals surface area contributed by atoms with E-state index in [1.165, 1.54) is 70.6 Å². The minimum absolute atomic E-state index is 0.0945. The van der Waals surface area contributed by atoms with Crippen molar-refractivity contribution in [1.82, 2.24) is 5.32 Å². The van der Waals surface area contributed by atoms with Gasteiger partial charge in [0.2, 0.25) is 5.91 Å². The number of amides is 1. The molecule has 1 unspecified atom stereocenters. The Hall–Kier alpha value is -2.63. The average molecular weight is 644 g/mol. The fraction of sp³-hybridized carbons (Fsp3) is 0.725. The molecule has 46 heavy (non-hydrogen) atoms. The zero-order valence-electron chi connectivity index (χ0n) is 29.7. The molecule has 0 bridgehead atoms. The maximum absolute atomic E-state index is 12.6. The van der Waals surface area contributed by atoms with Gasteiger partial charge in [-0.25, -0.2) is 0 Å². The Morgan fingerprint density at radius 2 is 1.04 bits per heavy atom. The molecule has 0 aliphatic carbocycles. The number of carboxylic acid groups (broad SMARTS) is 1. The van der Waals surface area contributed by atoms with Gasteiger partial charge in [0.05, 0.1) is 0 Å².